The monoisotopic (exact) mass is 244 g/mol. The quantitative estimate of drug-likeness (QED) is 0.892. The van der Waals surface area contributed by atoms with Gasteiger partial charge in [0.05, 0.1) is 0 Å². The molecule has 94 valence electrons. The van der Waals surface area contributed by atoms with Crippen LogP contribution in [0.2, 0.25) is 0 Å². The molecule has 5 nitrogen and oxygen atoms in total. The standard InChI is InChI=1S/C13H16N4O/c1-3-7-14-10(5-1)9-12-16-13(17-18-12)11-6-2-4-8-15-11/h2,4,6,8,10,14H,1,3,5,7,9H2/t10-/m0/s1. The minimum absolute atomic E-state index is 0.468. The van der Waals surface area contributed by atoms with Crippen LogP contribution >= 0.6 is 0 Å². The fourth-order valence-corrected chi connectivity index (χ4v) is 2.25. The van der Waals surface area contributed by atoms with Gasteiger partial charge in [0.15, 0.2) is 0 Å². The van der Waals surface area contributed by atoms with Gasteiger partial charge in [-0.2, -0.15) is 4.98 Å². The molecule has 5 heteroatoms. The van der Waals surface area contributed by atoms with Crippen LogP contribution < -0.4 is 5.32 Å². The molecule has 0 aromatic carbocycles. The second-order valence-electron chi connectivity index (χ2n) is 4.58. The second kappa shape index (κ2) is 5.27. The lowest BCUT2D eigenvalue weighted by Crippen LogP contribution is -2.35. The van der Waals surface area contributed by atoms with Gasteiger partial charge in [-0.1, -0.05) is 17.6 Å². The molecule has 1 fully saturated rings. The highest BCUT2D eigenvalue weighted by molar-refractivity contribution is 5.46. The molecule has 0 amide bonds. The first-order chi connectivity index (χ1) is 8.92. The van der Waals surface area contributed by atoms with Gasteiger partial charge >= 0.3 is 0 Å². The predicted octanol–water partition coefficient (Wildman–Crippen LogP) is 1.82. The highest BCUT2D eigenvalue weighted by Crippen LogP contribution is 2.15. The number of pyridine rings is 1. The summed E-state index contributed by atoms with van der Waals surface area (Å²) in [5.41, 5.74) is 0.754. The summed E-state index contributed by atoms with van der Waals surface area (Å²) in [6.45, 7) is 1.09. The first-order valence-electron chi connectivity index (χ1n) is 6.39. The molecule has 1 saturated heterocycles. The van der Waals surface area contributed by atoms with Gasteiger partial charge in [0.2, 0.25) is 11.7 Å². The lowest BCUT2D eigenvalue weighted by molar-refractivity contribution is 0.331. The third-order valence-corrected chi connectivity index (χ3v) is 3.20. The van der Waals surface area contributed by atoms with Crippen molar-refractivity contribution in [1.82, 2.24) is 20.4 Å². The highest BCUT2D eigenvalue weighted by atomic mass is 16.5. The van der Waals surface area contributed by atoms with E-state index in [4.69, 9.17) is 4.52 Å². The van der Waals surface area contributed by atoms with Crippen LogP contribution in [0.25, 0.3) is 11.5 Å². The molecule has 1 aliphatic rings. The van der Waals surface area contributed by atoms with Gasteiger partial charge in [-0.15, -0.1) is 0 Å². The Kier molecular flexibility index (Phi) is 3.32. The molecule has 3 rings (SSSR count). The number of hydrogen-bond donors (Lipinski definition) is 1. The van der Waals surface area contributed by atoms with E-state index in [1.54, 1.807) is 6.20 Å². The average Bonchev–Trinajstić information content (AvgIpc) is 2.89. The maximum atomic E-state index is 5.28. The molecule has 18 heavy (non-hydrogen) atoms. The number of rotatable bonds is 3. The van der Waals surface area contributed by atoms with Gasteiger partial charge in [-0.05, 0) is 31.5 Å². The van der Waals surface area contributed by atoms with Crippen molar-refractivity contribution in [3.05, 3.63) is 30.3 Å². The van der Waals surface area contributed by atoms with E-state index in [-0.39, 0.29) is 0 Å². The lowest BCUT2D eigenvalue weighted by atomic mass is 10.0. The minimum atomic E-state index is 0.468. The first-order valence-corrected chi connectivity index (χ1v) is 6.39. The zero-order valence-corrected chi connectivity index (χ0v) is 10.2. The van der Waals surface area contributed by atoms with E-state index in [9.17, 15) is 0 Å². The molecule has 0 aliphatic carbocycles. The first kappa shape index (κ1) is 11.3. The second-order valence-corrected chi connectivity index (χ2v) is 4.58. The van der Waals surface area contributed by atoms with Crippen LogP contribution in [0, 0.1) is 0 Å². The van der Waals surface area contributed by atoms with Gasteiger partial charge in [0.25, 0.3) is 0 Å². The Balaban J connectivity index is 1.69. The Morgan fingerprint density at radius 2 is 2.33 bits per heavy atom. The van der Waals surface area contributed by atoms with E-state index in [0.717, 1.165) is 18.7 Å². The summed E-state index contributed by atoms with van der Waals surface area (Å²) in [7, 11) is 0. The molecular weight excluding hydrogens is 228 g/mol. The van der Waals surface area contributed by atoms with Gasteiger partial charge in [-0.3, -0.25) is 4.98 Å². The summed E-state index contributed by atoms with van der Waals surface area (Å²) in [4.78, 5) is 8.60. The van der Waals surface area contributed by atoms with Gasteiger partial charge < -0.3 is 9.84 Å². The summed E-state index contributed by atoms with van der Waals surface area (Å²) in [6.07, 6.45) is 6.26. The Hall–Kier alpha value is -1.75. The number of nitrogens with one attached hydrogen (secondary N) is 1. The van der Waals surface area contributed by atoms with E-state index < -0.39 is 0 Å². The van der Waals surface area contributed by atoms with Crippen molar-refractivity contribution in [3.8, 4) is 11.5 Å². The predicted molar refractivity (Wildman–Crippen MR) is 66.9 cm³/mol. The number of piperidine rings is 1. The zero-order valence-electron chi connectivity index (χ0n) is 10.2. The van der Waals surface area contributed by atoms with Crippen LogP contribution in [0.4, 0.5) is 0 Å². The van der Waals surface area contributed by atoms with Crippen molar-refractivity contribution in [2.24, 2.45) is 0 Å². The van der Waals surface area contributed by atoms with E-state index in [1.807, 2.05) is 18.2 Å². The molecule has 2 aromatic rings. The van der Waals surface area contributed by atoms with E-state index in [2.05, 4.69) is 20.4 Å². The number of aromatic nitrogens is 3. The van der Waals surface area contributed by atoms with Crippen molar-refractivity contribution >= 4 is 0 Å². The van der Waals surface area contributed by atoms with Crippen LogP contribution in [0.15, 0.2) is 28.9 Å². The van der Waals surface area contributed by atoms with Crippen LogP contribution in [-0.2, 0) is 6.42 Å². The number of hydrogen-bond acceptors (Lipinski definition) is 5. The molecule has 0 spiro atoms. The molecule has 0 radical (unpaired) electrons. The molecule has 0 unspecified atom stereocenters. The van der Waals surface area contributed by atoms with E-state index in [1.165, 1.54) is 19.3 Å². The van der Waals surface area contributed by atoms with Crippen molar-refractivity contribution in [1.29, 1.82) is 0 Å². The van der Waals surface area contributed by atoms with Gasteiger partial charge in [0.1, 0.15) is 5.69 Å². The van der Waals surface area contributed by atoms with Crippen molar-refractivity contribution in [2.75, 3.05) is 6.54 Å². The third kappa shape index (κ3) is 2.56. The van der Waals surface area contributed by atoms with Crippen LogP contribution in [0.1, 0.15) is 25.2 Å². The molecule has 0 saturated carbocycles. The average molecular weight is 244 g/mol. The maximum absolute atomic E-state index is 5.28. The third-order valence-electron chi connectivity index (χ3n) is 3.20. The van der Waals surface area contributed by atoms with Crippen LogP contribution in [-0.4, -0.2) is 27.7 Å². The topological polar surface area (TPSA) is 63.8 Å². The Bertz CT molecular complexity index is 491. The lowest BCUT2D eigenvalue weighted by Gasteiger charge is -2.21. The molecular formula is C13H16N4O. The SMILES string of the molecule is c1ccc(-c2noc(C[C@@H]3CCCCN3)n2)nc1. The fourth-order valence-electron chi connectivity index (χ4n) is 2.25. The minimum Gasteiger partial charge on any atom is -0.339 e. The van der Waals surface area contributed by atoms with Crippen molar-refractivity contribution in [2.45, 2.75) is 31.7 Å². The van der Waals surface area contributed by atoms with Crippen molar-refractivity contribution in [3.63, 3.8) is 0 Å². The van der Waals surface area contributed by atoms with Gasteiger partial charge in [0, 0.05) is 18.7 Å². The molecule has 0 bridgehead atoms. The summed E-state index contributed by atoms with van der Waals surface area (Å²) < 4.78 is 5.28. The van der Waals surface area contributed by atoms with Crippen molar-refractivity contribution < 1.29 is 4.52 Å². The molecule has 1 N–H and O–H groups in total. The summed E-state index contributed by atoms with van der Waals surface area (Å²) in [6, 6.07) is 6.14. The molecule has 1 aliphatic heterocycles. The smallest absolute Gasteiger partial charge is 0.228 e. The number of nitrogens with zero attached hydrogens (tertiary/aromatic N) is 3. The Morgan fingerprint density at radius 1 is 1.33 bits per heavy atom. The summed E-state index contributed by atoms with van der Waals surface area (Å²) in [5.74, 6) is 1.26. The molecule has 2 aromatic heterocycles. The fraction of sp³-hybridized carbons (Fsp3) is 0.462. The normalized spacial score (nSPS) is 19.9. The summed E-state index contributed by atoms with van der Waals surface area (Å²) in [5, 5.41) is 7.45. The zero-order chi connectivity index (χ0) is 12.2. The Labute approximate surface area is 106 Å². The summed E-state index contributed by atoms with van der Waals surface area (Å²) >= 11 is 0. The Morgan fingerprint density at radius 3 is 3.11 bits per heavy atom. The maximum Gasteiger partial charge on any atom is 0.228 e. The van der Waals surface area contributed by atoms with E-state index >= 15 is 0 Å². The molecule has 3 heterocycles. The van der Waals surface area contributed by atoms with Crippen LogP contribution in [0.5, 0.6) is 0 Å². The van der Waals surface area contributed by atoms with E-state index in [0.29, 0.717) is 17.8 Å². The highest BCUT2D eigenvalue weighted by Gasteiger charge is 2.17. The van der Waals surface area contributed by atoms with Gasteiger partial charge in [-0.25, -0.2) is 0 Å². The molecule has 1 atom stereocenters. The van der Waals surface area contributed by atoms with Crippen LogP contribution in [0.3, 0.4) is 0 Å². The largest absolute Gasteiger partial charge is 0.339 e.